The Kier molecular flexibility index (Phi) is 2.05. The van der Waals surface area contributed by atoms with E-state index in [9.17, 15) is 9.59 Å². The van der Waals surface area contributed by atoms with Gasteiger partial charge in [-0.15, -0.1) is 0 Å². The van der Waals surface area contributed by atoms with E-state index in [2.05, 4.69) is 0 Å². The number of rotatable bonds is 2. The minimum absolute atomic E-state index is 0.0764. The molecular formula is C10H16N2O3. The normalized spacial score (nSPS) is 32.8. The number of hydrogen-bond acceptors (Lipinski definition) is 3. The molecule has 1 saturated carbocycles. The van der Waals surface area contributed by atoms with E-state index in [1.165, 1.54) is 0 Å². The summed E-state index contributed by atoms with van der Waals surface area (Å²) in [5.74, 6) is -0.910. The van der Waals surface area contributed by atoms with Gasteiger partial charge in [0.05, 0.1) is 11.0 Å². The average Bonchev–Trinajstić information content (AvgIpc) is 2.77. The summed E-state index contributed by atoms with van der Waals surface area (Å²) < 4.78 is 0. The van der Waals surface area contributed by atoms with E-state index in [0.717, 1.165) is 12.8 Å². The highest BCUT2D eigenvalue weighted by Crippen LogP contribution is 2.38. The topological polar surface area (TPSA) is 83.6 Å². The van der Waals surface area contributed by atoms with Crippen LogP contribution in [-0.4, -0.2) is 40.5 Å². The number of carbonyl (C=O) groups excluding carboxylic acids is 1. The third kappa shape index (κ3) is 1.61. The molecule has 2 aliphatic rings. The van der Waals surface area contributed by atoms with Crippen molar-refractivity contribution in [3.63, 3.8) is 0 Å². The number of amides is 1. The number of hydrogen-bond donors (Lipinski definition) is 2. The molecule has 1 amide bonds. The molecule has 2 fully saturated rings. The summed E-state index contributed by atoms with van der Waals surface area (Å²) in [6, 6.07) is 0. The van der Waals surface area contributed by atoms with Crippen molar-refractivity contribution >= 4 is 11.9 Å². The van der Waals surface area contributed by atoms with E-state index >= 15 is 0 Å². The van der Waals surface area contributed by atoms with Gasteiger partial charge in [0.15, 0.2) is 0 Å². The van der Waals surface area contributed by atoms with Crippen molar-refractivity contribution in [1.82, 2.24) is 4.90 Å². The van der Waals surface area contributed by atoms with Crippen LogP contribution < -0.4 is 5.73 Å². The molecular weight excluding hydrogens is 196 g/mol. The Labute approximate surface area is 88.2 Å². The van der Waals surface area contributed by atoms with Gasteiger partial charge in [-0.2, -0.15) is 0 Å². The van der Waals surface area contributed by atoms with Gasteiger partial charge in [-0.25, -0.2) is 0 Å². The molecule has 0 aromatic carbocycles. The van der Waals surface area contributed by atoms with Crippen LogP contribution in [0.5, 0.6) is 0 Å². The molecule has 0 radical (unpaired) electrons. The quantitative estimate of drug-likeness (QED) is 0.664. The molecule has 5 heteroatoms. The van der Waals surface area contributed by atoms with Crippen molar-refractivity contribution in [2.24, 2.45) is 11.1 Å². The molecule has 1 aliphatic carbocycles. The van der Waals surface area contributed by atoms with Crippen LogP contribution in [0, 0.1) is 5.41 Å². The molecule has 1 aliphatic heterocycles. The van der Waals surface area contributed by atoms with E-state index in [1.54, 1.807) is 11.8 Å². The zero-order valence-corrected chi connectivity index (χ0v) is 8.82. The number of likely N-dealkylation sites (tertiary alicyclic amines) is 1. The maximum atomic E-state index is 11.8. The van der Waals surface area contributed by atoms with Crippen molar-refractivity contribution in [2.75, 3.05) is 13.1 Å². The molecule has 84 valence electrons. The minimum Gasteiger partial charge on any atom is -0.481 e. The number of aliphatic carboxylic acids is 1. The highest BCUT2D eigenvalue weighted by Gasteiger charge is 2.51. The Bertz CT molecular complexity index is 325. The second-order valence-electron chi connectivity index (χ2n) is 5.00. The predicted molar refractivity (Wildman–Crippen MR) is 53.1 cm³/mol. The largest absolute Gasteiger partial charge is 0.481 e. The van der Waals surface area contributed by atoms with Crippen LogP contribution in [0.3, 0.4) is 0 Å². The van der Waals surface area contributed by atoms with Gasteiger partial charge in [0.2, 0.25) is 5.91 Å². The van der Waals surface area contributed by atoms with Crippen LogP contribution in [0.15, 0.2) is 0 Å². The third-order valence-electron chi connectivity index (χ3n) is 3.49. The molecule has 1 saturated heterocycles. The summed E-state index contributed by atoms with van der Waals surface area (Å²) in [5.41, 5.74) is 4.33. The number of carboxylic acid groups (broad SMARTS) is 1. The van der Waals surface area contributed by atoms with Crippen molar-refractivity contribution in [3.05, 3.63) is 0 Å². The number of nitrogens with two attached hydrogens (primary N) is 1. The monoisotopic (exact) mass is 212 g/mol. The van der Waals surface area contributed by atoms with E-state index in [4.69, 9.17) is 10.8 Å². The van der Waals surface area contributed by atoms with Crippen LogP contribution in [0.25, 0.3) is 0 Å². The molecule has 0 bridgehead atoms. The van der Waals surface area contributed by atoms with Gasteiger partial charge >= 0.3 is 5.97 Å². The number of carboxylic acids is 1. The average molecular weight is 212 g/mol. The Morgan fingerprint density at radius 3 is 2.33 bits per heavy atom. The summed E-state index contributed by atoms with van der Waals surface area (Å²) in [7, 11) is 0. The summed E-state index contributed by atoms with van der Waals surface area (Å²) in [6.45, 7) is 2.49. The zero-order chi connectivity index (χ0) is 11.3. The van der Waals surface area contributed by atoms with Crippen molar-refractivity contribution < 1.29 is 14.7 Å². The van der Waals surface area contributed by atoms with Crippen LogP contribution in [0.2, 0.25) is 0 Å². The zero-order valence-electron chi connectivity index (χ0n) is 8.82. The van der Waals surface area contributed by atoms with Gasteiger partial charge in [0.25, 0.3) is 0 Å². The first kappa shape index (κ1) is 10.4. The Hall–Kier alpha value is -1.10. The Morgan fingerprint density at radius 1 is 1.33 bits per heavy atom. The molecule has 15 heavy (non-hydrogen) atoms. The third-order valence-corrected chi connectivity index (χ3v) is 3.49. The molecule has 2 rings (SSSR count). The second kappa shape index (κ2) is 2.95. The number of carbonyl (C=O) groups is 2. The lowest BCUT2D eigenvalue weighted by Gasteiger charge is -2.22. The standard InChI is InChI=1S/C10H16N2O3/c1-9(8(14)15)4-5-12(6-9)7(13)10(11)2-3-10/h2-6,11H2,1H3,(H,14,15). The smallest absolute Gasteiger partial charge is 0.311 e. The van der Waals surface area contributed by atoms with Gasteiger partial charge in [-0.3, -0.25) is 9.59 Å². The first-order valence-electron chi connectivity index (χ1n) is 5.19. The van der Waals surface area contributed by atoms with E-state index < -0.39 is 16.9 Å². The maximum Gasteiger partial charge on any atom is 0.311 e. The van der Waals surface area contributed by atoms with Crippen molar-refractivity contribution in [2.45, 2.75) is 31.7 Å². The molecule has 1 atom stereocenters. The summed E-state index contributed by atoms with van der Waals surface area (Å²) >= 11 is 0. The molecule has 0 spiro atoms. The van der Waals surface area contributed by atoms with Gasteiger partial charge in [0, 0.05) is 13.1 Å². The van der Waals surface area contributed by atoms with E-state index in [1.807, 2.05) is 0 Å². The fourth-order valence-electron chi connectivity index (χ4n) is 1.97. The fourth-order valence-corrected chi connectivity index (χ4v) is 1.97. The minimum atomic E-state index is -0.834. The van der Waals surface area contributed by atoms with Crippen LogP contribution in [0.4, 0.5) is 0 Å². The predicted octanol–water partition coefficient (Wildman–Crippen LogP) is -0.199. The van der Waals surface area contributed by atoms with Gasteiger partial charge in [-0.1, -0.05) is 0 Å². The highest BCUT2D eigenvalue weighted by atomic mass is 16.4. The van der Waals surface area contributed by atoms with Crippen LogP contribution in [-0.2, 0) is 9.59 Å². The van der Waals surface area contributed by atoms with Gasteiger partial charge in [0.1, 0.15) is 0 Å². The van der Waals surface area contributed by atoms with Crippen molar-refractivity contribution in [3.8, 4) is 0 Å². The fraction of sp³-hybridized carbons (Fsp3) is 0.800. The first-order valence-corrected chi connectivity index (χ1v) is 5.19. The number of nitrogens with zero attached hydrogens (tertiary/aromatic N) is 1. The van der Waals surface area contributed by atoms with Crippen LogP contribution in [0.1, 0.15) is 26.2 Å². The Balaban J connectivity index is 2.04. The lowest BCUT2D eigenvalue weighted by Crippen LogP contribution is -2.45. The lowest BCUT2D eigenvalue weighted by atomic mass is 9.90. The van der Waals surface area contributed by atoms with E-state index in [-0.39, 0.29) is 5.91 Å². The van der Waals surface area contributed by atoms with Gasteiger partial charge < -0.3 is 15.7 Å². The maximum absolute atomic E-state index is 11.8. The molecule has 3 N–H and O–H groups in total. The first-order chi connectivity index (χ1) is 6.87. The molecule has 5 nitrogen and oxygen atoms in total. The second-order valence-corrected chi connectivity index (χ2v) is 5.00. The van der Waals surface area contributed by atoms with Gasteiger partial charge in [-0.05, 0) is 26.2 Å². The Morgan fingerprint density at radius 2 is 1.93 bits per heavy atom. The molecule has 0 aromatic rings. The molecule has 0 aromatic heterocycles. The van der Waals surface area contributed by atoms with Crippen LogP contribution >= 0.6 is 0 Å². The lowest BCUT2D eigenvalue weighted by molar-refractivity contribution is -0.147. The van der Waals surface area contributed by atoms with Crippen molar-refractivity contribution in [1.29, 1.82) is 0 Å². The molecule has 1 heterocycles. The summed E-state index contributed by atoms with van der Waals surface area (Å²) in [4.78, 5) is 24.4. The molecule has 1 unspecified atom stereocenters. The van der Waals surface area contributed by atoms with E-state index in [0.29, 0.717) is 19.5 Å². The summed E-state index contributed by atoms with van der Waals surface area (Å²) in [6.07, 6.45) is 1.97. The summed E-state index contributed by atoms with van der Waals surface area (Å²) in [5, 5.41) is 9.02. The highest BCUT2D eigenvalue weighted by molar-refractivity contribution is 5.90. The SMILES string of the molecule is CC1(C(=O)O)CCN(C(=O)C2(N)CC2)C1.